The van der Waals surface area contributed by atoms with E-state index in [4.69, 9.17) is 4.74 Å². The molecule has 1 fully saturated rings. The molecule has 2 rings (SSSR count). The largest absolute Gasteiger partial charge is 0.468 e. The highest BCUT2D eigenvalue weighted by molar-refractivity contribution is 5.47. The third-order valence-electron chi connectivity index (χ3n) is 2.57. The summed E-state index contributed by atoms with van der Waals surface area (Å²) < 4.78 is 5.53. The van der Waals surface area contributed by atoms with Crippen LogP contribution in [0.1, 0.15) is 12.0 Å². The van der Waals surface area contributed by atoms with Gasteiger partial charge in [-0.3, -0.25) is 10.1 Å². The van der Waals surface area contributed by atoms with Crippen molar-refractivity contribution in [2.45, 2.75) is 19.4 Å². The van der Waals surface area contributed by atoms with Crippen LogP contribution in [0.15, 0.2) is 12.3 Å². The van der Waals surface area contributed by atoms with Crippen LogP contribution in [0.2, 0.25) is 0 Å². The summed E-state index contributed by atoms with van der Waals surface area (Å²) in [4.78, 5) is 14.4. The predicted molar refractivity (Wildman–Crippen MR) is 57.5 cm³/mol. The van der Waals surface area contributed by atoms with E-state index in [1.807, 2.05) is 0 Å². The Morgan fingerprint density at radius 1 is 1.69 bits per heavy atom. The zero-order valence-electron chi connectivity index (χ0n) is 8.97. The van der Waals surface area contributed by atoms with Crippen LogP contribution in [-0.4, -0.2) is 29.1 Å². The quantitative estimate of drug-likeness (QED) is 0.612. The number of pyridine rings is 1. The third-order valence-corrected chi connectivity index (χ3v) is 2.57. The zero-order valence-corrected chi connectivity index (χ0v) is 8.97. The number of nitrogens with zero attached hydrogens (tertiary/aromatic N) is 2. The first-order valence-corrected chi connectivity index (χ1v) is 5.16. The molecule has 1 aliphatic rings. The Bertz CT molecular complexity index is 402. The molecule has 0 aromatic carbocycles. The van der Waals surface area contributed by atoms with E-state index in [1.54, 1.807) is 13.0 Å². The summed E-state index contributed by atoms with van der Waals surface area (Å²) >= 11 is 0. The van der Waals surface area contributed by atoms with Gasteiger partial charge in [-0.15, -0.1) is 0 Å². The molecule has 6 heteroatoms. The van der Waals surface area contributed by atoms with Gasteiger partial charge in [0.05, 0.1) is 4.92 Å². The smallest absolute Gasteiger partial charge is 0.333 e. The fourth-order valence-corrected chi connectivity index (χ4v) is 1.72. The van der Waals surface area contributed by atoms with Crippen molar-refractivity contribution in [2.24, 2.45) is 0 Å². The Balaban J connectivity index is 2.25. The zero-order chi connectivity index (χ0) is 11.5. The Kier molecular flexibility index (Phi) is 3.00. The first kappa shape index (κ1) is 10.8. The molecule has 0 radical (unpaired) electrons. The Hall–Kier alpha value is -1.69. The van der Waals surface area contributed by atoms with Crippen LogP contribution in [0.3, 0.4) is 0 Å². The highest BCUT2D eigenvalue weighted by Gasteiger charge is 2.24. The van der Waals surface area contributed by atoms with Crippen molar-refractivity contribution in [2.75, 3.05) is 13.1 Å². The van der Waals surface area contributed by atoms with Crippen molar-refractivity contribution in [3.63, 3.8) is 0 Å². The maximum Gasteiger partial charge on any atom is 0.333 e. The van der Waals surface area contributed by atoms with Crippen molar-refractivity contribution in [3.8, 4) is 5.88 Å². The molecule has 1 aliphatic heterocycles. The molecule has 6 nitrogen and oxygen atoms in total. The number of rotatable bonds is 3. The molecular formula is C10H13N3O3. The number of hydrogen-bond acceptors (Lipinski definition) is 5. The molecule has 1 aromatic rings. The Morgan fingerprint density at radius 2 is 2.50 bits per heavy atom. The number of ether oxygens (including phenoxy) is 1. The van der Waals surface area contributed by atoms with E-state index in [0.717, 1.165) is 13.0 Å². The van der Waals surface area contributed by atoms with Gasteiger partial charge in [-0.05, 0) is 26.0 Å². The highest BCUT2D eigenvalue weighted by atomic mass is 16.6. The van der Waals surface area contributed by atoms with Gasteiger partial charge in [-0.1, -0.05) is 0 Å². The summed E-state index contributed by atoms with van der Waals surface area (Å²) in [7, 11) is 0. The number of aromatic nitrogens is 1. The predicted octanol–water partition coefficient (Wildman–Crippen LogP) is 1.04. The molecule has 1 aromatic heterocycles. The van der Waals surface area contributed by atoms with Crippen molar-refractivity contribution in [3.05, 3.63) is 27.9 Å². The standard InChI is InChI=1S/C10H13N3O3/c1-7-2-5-12-10(9(7)13(14)15)16-8-3-4-11-6-8/h2,5,8,11H,3-4,6H2,1H3. The van der Waals surface area contributed by atoms with Gasteiger partial charge in [0.15, 0.2) is 0 Å². The van der Waals surface area contributed by atoms with Crippen LogP contribution in [-0.2, 0) is 0 Å². The van der Waals surface area contributed by atoms with Crippen molar-refractivity contribution in [1.29, 1.82) is 0 Å². The molecule has 1 unspecified atom stereocenters. The lowest BCUT2D eigenvalue weighted by molar-refractivity contribution is -0.386. The van der Waals surface area contributed by atoms with Gasteiger partial charge in [-0.2, -0.15) is 0 Å². The Labute approximate surface area is 92.8 Å². The highest BCUT2D eigenvalue weighted by Crippen LogP contribution is 2.28. The van der Waals surface area contributed by atoms with Crippen LogP contribution >= 0.6 is 0 Å². The van der Waals surface area contributed by atoms with Crippen LogP contribution in [0.25, 0.3) is 0 Å². The van der Waals surface area contributed by atoms with E-state index in [9.17, 15) is 10.1 Å². The molecule has 0 aliphatic carbocycles. The molecule has 0 amide bonds. The monoisotopic (exact) mass is 223 g/mol. The second-order valence-electron chi connectivity index (χ2n) is 3.77. The average molecular weight is 223 g/mol. The minimum atomic E-state index is -0.444. The lowest BCUT2D eigenvalue weighted by Crippen LogP contribution is -2.20. The molecule has 0 saturated carbocycles. The molecule has 0 spiro atoms. The summed E-state index contributed by atoms with van der Waals surface area (Å²) in [5, 5.41) is 14.0. The van der Waals surface area contributed by atoms with Gasteiger partial charge in [0.1, 0.15) is 6.10 Å². The minimum absolute atomic E-state index is 0.0204. The minimum Gasteiger partial charge on any atom is -0.468 e. The summed E-state index contributed by atoms with van der Waals surface area (Å²) in [5.41, 5.74) is 0.537. The molecule has 1 atom stereocenters. The van der Waals surface area contributed by atoms with E-state index < -0.39 is 4.92 Å². The number of nitro groups is 1. The normalized spacial score (nSPS) is 19.7. The summed E-state index contributed by atoms with van der Waals surface area (Å²) in [6.07, 6.45) is 2.36. The first-order chi connectivity index (χ1) is 7.68. The average Bonchev–Trinajstić information content (AvgIpc) is 2.70. The van der Waals surface area contributed by atoms with Crippen molar-refractivity contribution in [1.82, 2.24) is 10.3 Å². The maximum atomic E-state index is 10.9. The lowest BCUT2D eigenvalue weighted by atomic mass is 10.2. The number of hydrogen-bond donors (Lipinski definition) is 1. The van der Waals surface area contributed by atoms with E-state index in [-0.39, 0.29) is 17.7 Å². The van der Waals surface area contributed by atoms with Gasteiger partial charge in [-0.25, -0.2) is 4.98 Å². The molecule has 1 N–H and O–H groups in total. The fourth-order valence-electron chi connectivity index (χ4n) is 1.72. The van der Waals surface area contributed by atoms with Crippen LogP contribution in [0.4, 0.5) is 5.69 Å². The van der Waals surface area contributed by atoms with E-state index in [2.05, 4.69) is 10.3 Å². The number of nitrogens with one attached hydrogen (secondary N) is 1. The molecule has 2 heterocycles. The second kappa shape index (κ2) is 4.44. The third kappa shape index (κ3) is 2.11. The molecular weight excluding hydrogens is 210 g/mol. The van der Waals surface area contributed by atoms with Gasteiger partial charge in [0.2, 0.25) is 0 Å². The van der Waals surface area contributed by atoms with Gasteiger partial charge in [0, 0.05) is 18.3 Å². The fraction of sp³-hybridized carbons (Fsp3) is 0.500. The summed E-state index contributed by atoms with van der Waals surface area (Å²) in [6, 6.07) is 1.61. The van der Waals surface area contributed by atoms with Crippen LogP contribution in [0, 0.1) is 17.0 Å². The molecule has 1 saturated heterocycles. The van der Waals surface area contributed by atoms with Gasteiger partial charge >= 0.3 is 5.69 Å². The SMILES string of the molecule is Cc1ccnc(OC2CCNC2)c1[N+](=O)[O-]. The van der Waals surface area contributed by atoms with Crippen molar-refractivity contribution < 1.29 is 9.66 Å². The van der Waals surface area contributed by atoms with Crippen LogP contribution < -0.4 is 10.1 Å². The maximum absolute atomic E-state index is 10.9. The second-order valence-corrected chi connectivity index (χ2v) is 3.77. The summed E-state index contributed by atoms with van der Waals surface area (Å²) in [5.74, 6) is 0.124. The molecule has 0 bridgehead atoms. The molecule has 86 valence electrons. The van der Waals surface area contributed by atoms with Crippen molar-refractivity contribution >= 4 is 5.69 Å². The van der Waals surface area contributed by atoms with Crippen LogP contribution in [0.5, 0.6) is 5.88 Å². The molecule has 16 heavy (non-hydrogen) atoms. The van der Waals surface area contributed by atoms with Gasteiger partial charge < -0.3 is 10.1 Å². The summed E-state index contributed by atoms with van der Waals surface area (Å²) in [6.45, 7) is 3.27. The Morgan fingerprint density at radius 3 is 3.12 bits per heavy atom. The first-order valence-electron chi connectivity index (χ1n) is 5.16. The van der Waals surface area contributed by atoms with Gasteiger partial charge in [0.25, 0.3) is 5.88 Å². The topological polar surface area (TPSA) is 77.3 Å². The van der Waals surface area contributed by atoms with E-state index in [0.29, 0.717) is 12.1 Å². The van der Waals surface area contributed by atoms with E-state index >= 15 is 0 Å². The number of aryl methyl sites for hydroxylation is 1. The lowest BCUT2D eigenvalue weighted by Gasteiger charge is -2.11. The van der Waals surface area contributed by atoms with E-state index in [1.165, 1.54) is 6.20 Å².